The highest BCUT2D eigenvalue weighted by molar-refractivity contribution is 6.31. The predicted molar refractivity (Wildman–Crippen MR) is 105 cm³/mol. The third-order valence-electron chi connectivity index (χ3n) is 3.90. The molecule has 1 heterocycles. The molecule has 0 aliphatic carbocycles. The lowest BCUT2D eigenvalue weighted by atomic mass is 10.1. The number of nitrogens with zero attached hydrogens (tertiary/aromatic N) is 2. The number of aromatic nitrogens is 2. The van der Waals surface area contributed by atoms with Crippen molar-refractivity contribution < 1.29 is 19.7 Å². The van der Waals surface area contributed by atoms with Crippen LogP contribution in [0.5, 0.6) is 5.75 Å². The first kappa shape index (κ1) is 22.3. The van der Waals surface area contributed by atoms with Crippen LogP contribution in [0.1, 0.15) is 31.9 Å². The van der Waals surface area contributed by atoms with Crippen LogP contribution in [0.15, 0.2) is 35.3 Å². The quantitative estimate of drug-likeness (QED) is 0.447. The van der Waals surface area contributed by atoms with Gasteiger partial charge in [0.2, 0.25) is 0 Å². The van der Waals surface area contributed by atoms with Crippen LogP contribution in [-0.2, 0) is 22.9 Å². The van der Waals surface area contributed by atoms with Gasteiger partial charge in [0.25, 0.3) is 5.56 Å². The first-order valence-electron chi connectivity index (χ1n) is 8.80. The number of rotatable bonds is 8. The van der Waals surface area contributed by atoms with Gasteiger partial charge in [0.05, 0.1) is 18.3 Å². The van der Waals surface area contributed by atoms with Crippen molar-refractivity contribution in [1.29, 1.82) is 0 Å². The van der Waals surface area contributed by atoms with Gasteiger partial charge >= 0.3 is 5.97 Å². The number of likely N-dealkylation sites (N-methyl/N-ethyl adjacent to an activating group) is 1. The summed E-state index contributed by atoms with van der Waals surface area (Å²) in [5.41, 5.74) is 0.0163. The Morgan fingerprint density at radius 2 is 1.86 bits per heavy atom. The average molecular weight is 412 g/mol. The molecule has 2 rings (SSSR count). The molecule has 0 atom stereocenters. The highest BCUT2D eigenvalue weighted by atomic mass is 35.5. The number of hydrogen-bond acceptors (Lipinski definition) is 7. The molecule has 0 aliphatic heterocycles. The monoisotopic (exact) mass is 411 g/mol. The summed E-state index contributed by atoms with van der Waals surface area (Å²) in [6, 6.07) is 6.37. The molecule has 0 fully saturated rings. The molecule has 0 saturated carbocycles. The summed E-state index contributed by atoms with van der Waals surface area (Å²) < 4.78 is 11.9. The van der Waals surface area contributed by atoms with Gasteiger partial charge < -0.3 is 25.0 Å². The smallest absolute Gasteiger partial charge is 0.306 e. The number of aliphatic hydroxyl groups is 2. The molecule has 1 aromatic carbocycles. The molecular weight excluding hydrogens is 386 g/mol. The van der Waals surface area contributed by atoms with Crippen molar-refractivity contribution in [3.8, 4) is 5.75 Å². The molecule has 9 heteroatoms. The molecule has 154 valence electrons. The van der Waals surface area contributed by atoms with Gasteiger partial charge in [-0.15, -0.1) is 0 Å². The minimum absolute atomic E-state index is 0.0378. The van der Waals surface area contributed by atoms with Gasteiger partial charge in [-0.25, -0.2) is 4.68 Å². The lowest BCUT2D eigenvalue weighted by Crippen LogP contribution is -2.36. The number of hydrogen-bond donors (Lipinski definition) is 3. The fraction of sp³-hybridized carbons (Fsp3) is 0.474. The van der Waals surface area contributed by atoms with Crippen LogP contribution in [0.4, 0.5) is 0 Å². The normalized spacial score (nSPS) is 12.2. The molecule has 3 N–H and O–H groups in total. The highest BCUT2D eigenvalue weighted by Gasteiger charge is 2.26. The topological polar surface area (TPSA) is 106 Å². The second-order valence-corrected chi connectivity index (χ2v) is 7.63. The Morgan fingerprint density at radius 1 is 1.21 bits per heavy atom. The minimum Gasteiger partial charge on any atom is -0.485 e. The van der Waals surface area contributed by atoms with Crippen molar-refractivity contribution >= 4 is 11.6 Å². The second-order valence-electron chi connectivity index (χ2n) is 7.26. The van der Waals surface area contributed by atoms with Crippen LogP contribution in [0.25, 0.3) is 0 Å². The summed E-state index contributed by atoms with van der Waals surface area (Å²) >= 11 is 6.13. The van der Waals surface area contributed by atoms with Crippen molar-refractivity contribution in [1.82, 2.24) is 15.1 Å². The number of halogens is 1. The van der Waals surface area contributed by atoms with E-state index in [0.29, 0.717) is 6.54 Å². The maximum absolute atomic E-state index is 12.3. The second kappa shape index (κ2) is 9.02. The van der Waals surface area contributed by atoms with Crippen LogP contribution < -0.4 is 15.6 Å². The first-order chi connectivity index (χ1) is 13.1. The molecule has 0 bridgehead atoms. The van der Waals surface area contributed by atoms with Crippen LogP contribution in [-0.4, -0.2) is 40.2 Å². The van der Waals surface area contributed by atoms with E-state index >= 15 is 0 Å². The first-order valence-corrected chi connectivity index (χ1v) is 9.18. The summed E-state index contributed by atoms with van der Waals surface area (Å²) in [5.74, 6) is -2.19. The lowest BCUT2D eigenvalue weighted by molar-refractivity contribution is -0.349. The van der Waals surface area contributed by atoms with Crippen molar-refractivity contribution in [2.45, 2.75) is 38.9 Å². The maximum atomic E-state index is 12.3. The van der Waals surface area contributed by atoms with Gasteiger partial charge in [-0.1, -0.05) is 35.9 Å². The number of nitrogens with one attached hydrogen (secondary N) is 1. The van der Waals surface area contributed by atoms with Crippen molar-refractivity contribution in [3.05, 3.63) is 57.0 Å². The van der Waals surface area contributed by atoms with Gasteiger partial charge in [-0.3, -0.25) is 4.79 Å². The third-order valence-corrected chi connectivity index (χ3v) is 4.25. The van der Waals surface area contributed by atoms with Crippen LogP contribution in [0.2, 0.25) is 5.02 Å². The summed E-state index contributed by atoms with van der Waals surface area (Å²) in [6.07, 6.45) is 1.41. The van der Waals surface area contributed by atoms with E-state index in [0.717, 1.165) is 5.56 Å². The fourth-order valence-electron chi connectivity index (χ4n) is 2.35. The summed E-state index contributed by atoms with van der Waals surface area (Å²) in [5, 5.41) is 26.9. The molecule has 0 aliphatic rings. The van der Waals surface area contributed by atoms with Crippen LogP contribution >= 0.6 is 11.6 Å². The Kier molecular flexibility index (Phi) is 7.19. The fourth-order valence-corrected chi connectivity index (χ4v) is 2.54. The molecular formula is C19H26ClN3O5. The van der Waals surface area contributed by atoms with Crippen LogP contribution in [0, 0.1) is 0 Å². The Hall–Kier alpha value is -1.97. The summed E-state index contributed by atoms with van der Waals surface area (Å²) in [4.78, 5) is 12.3. The SMILES string of the molecule is CNCCOC(O)(O)c1ccc(COc2cnn(C(C)(C)C)c(=O)c2Cl)cc1. The van der Waals surface area contributed by atoms with E-state index in [9.17, 15) is 15.0 Å². The van der Waals surface area contributed by atoms with Gasteiger partial charge in [0.15, 0.2) is 10.8 Å². The zero-order valence-corrected chi connectivity index (χ0v) is 17.2. The van der Waals surface area contributed by atoms with E-state index in [1.165, 1.54) is 23.0 Å². The Morgan fingerprint density at radius 3 is 2.43 bits per heavy atom. The molecule has 0 amide bonds. The molecule has 0 saturated heterocycles. The van der Waals surface area contributed by atoms with Gasteiger partial charge in [0.1, 0.15) is 6.61 Å². The number of benzene rings is 1. The Balaban J connectivity index is 2.06. The summed E-state index contributed by atoms with van der Waals surface area (Å²) in [6.45, 7) is 6.31. The highest BCUT2D eigenvalue weighted by Crippen LogP contribution is 2.23. The van der Waals surface area contributed by atoms with Crippen molar-refractivity contribution in [3.63, 3.8) is 0 Å². The molecule has 0 unspecified atom stereocenters. The lowest BCUT2D eigenvalue weighted by Gasteiger charge is -2.22. The Bertz CT molecular complexity index is 844. The van der Waals surface area contributed by atoms with E-state index in [-0.39, 0.29) is 29.5 Å². The molecule has 0 spiro atoms. The molecule has 1 aromatic heterocycles. The zero-order chi connectivity index (χ0) is 20.9. The largest absolute Gasteiger partial charge is 0.485 e. The molecule has 2 aromatic rings. The van der Waals surface area contributed by atoms with Crippen molar-refractivity contribution in [2.24, 2.45) is 0 Å². The molecule has 8 nitrogen and oxygen atoms in total. The van der Waals surface area contributed by atoms with Crippen LogP contribution in [0.3, 0.4) is 0 Å². The van der Waals surface area contributed by atoms with Gasteiger partial charge in [0, 0.05) is 12.1 Å². The molecule has 28 heavy (non-hydrogen) atoms. The van der Waals surface area contributed by atoms with E-state index in [1.807, 2.05) is 20.8 Å². The maximum Gasteiger partial charge on any atom is 0.306 e. The van der Waals surface area contributed by atoms with Gasteiger partial charge in [-0.2, -0.15) is 5.10 Å². The molecule has 0 radical (unpaired) electrons. The zero-order valence-electron chi connectivity index (χ0n) is 16.4. The van der Waals surface area contributed by atoms with E-state index in [4.69, 9.17) is 21.1 Å². The minimum atomic E-state index is -2.37. The van der Waals surface area contributed by atoms with E-state index < -0.39 is 17.1 Å². The third kappa shape index (κ3) is 5.52. The average Bonchev–Trinajstić information content (AvgIpc) is 2.62. The predicted octanol–water partition coefficient (Wildman–Crippen LogP) is 1.56. The standard InChI is InChI=1S/C19H26ClN3O5/c1-18(2,3)23-17(24)16(20)15(11-22-23)27-12-13-5-7-14(8-6-13)19(25,26)28-10-9-21-4/h5-8,11,21,25-26H,9-10,12H2,1-4H3. The van der Waals surface area contributed by atoms with Gasteiger partial charge in [-0.05, 0) is 33.4 Å². The van der Waals surface area contributed by atoms with Crippen molar-refractivity contribution in [2.75, 3.05) is 20.2 Å². The van der Waals surface area contributed by atoms with E-state index in [1.54, 1.807) is 19.2 Å². The summed E-state index contributed by atoms with van der Waals surface area (Å²) in [7, 11) is 1.74. The van der Waals surface area contributed by atoms with E-state index in [2.05, 4.69) is 10.4 Å². The number of ether oxygens (including phenoxy) is 2. The Labute approximate surface area is 168 Å².